The average Bonchev–Trinajstić information content (AvgIpc) is 3.38. The molecule has 3 N–H and O–H groups in total. The Morgan fingerprint density at radius 3 is 3.11 bits per heavy atom. The number of aromatic amines is 1. The van der Waals surface area contributed by atoms with Gasteiger partial charge >= 0.3 is 6.03 Å². The van der Waals surface area contributed by atoms with Crippen LogP contribution in [0.4, 0.5) is 4.79 Å². The van der Waals surface area contributed by atoms with Gasteiger partial charge in [-0.15, -0.1) is 11.3 Å². The molecular weight excluding hydrogens is 388 g/mol. The lowest BCUT2D eigenvalue weighted by Gasteiger charge is -2.15. The van der Waals surface area contributed by atoms with Crippen molar-refractivity contribution in [2.75, 3.05) is 13.1 Å². The highest BCUT2D eigenvalue weighted by atomic mass is 35.5. The number of nitrogens with one attached hydrogen (secondary N) is 2. The van der Waals surface area contributed by atoms with Crippen molar-refractivity contribution in [2.45, 2.75) is 25.7 Å². The quantitative estimate of drug-likeness (QED) is 0.607. The number of aromatic nitrogens is 2. The number of aliphatic hydroxyl groups is 1. The molecule has 27 heavy (non-hydrogen) atoms. The second kappa shape index (κ2) is 7.75. The minimum atomic E-state index is -0.423. The maximum absolute atomic E-state index is 12.1. The maximum Gasteiger partial charge on any atom is 0.317 e. The highest BCUT2D eigenvalue weighted by Crippen LogP contribution is 2.31. The van der Waals surface area contributed by atoms with Crippen LogP contribution in [0.2, 0.25) is 5.02 Å². The van der Waals surface area contributed by atoms with Crippen LogP contribution in [0.3, 0.4) is 0 Å². The summed E-state index contributed by atoms with van der Waals surface area (Å²) in [4.78, 5) is 21.2. The average molecular weight is 407 g/mol. The van der Waals surface area contributed by atoms with Gasteiger partial charge in [0.05, 0.1) is 28.9 Å². The number of amides is 2. The van der Waals surface area contributed by atoms with Crippen LogP contribution in [-0.4, -0.2) is 45.2 Å². The summed E-state index contributed by atoms with van der Waals surface area (Å²) in [6.45, 7) is 1.69. The first-order chi connectivity index (χ1) is 13.1. The van der Waals surface area contributed by atoms with E-state index in [4.69, 9.17) is 16.3 Å². The number of rotatable bonds is 5. The Labute approximate surface area is 164 Å². The zero-order chi connectivity index (χ0) is 18.8. The fourth-order valence-electron chi connectivity index (χ4n) is 3.07. The molecule has 3 aromatic rings. The van der Waals surface area contributed by atoms with Crippen molar-refractivity contribution >= 4 is 39.9 Å². The van der Waals surface area contributed by atoms with Crippen LogP contribution in [0.15, 0.2) is 29.1 Å². The number of H-pyrrole nitrogens is 1. The minimum absolute atomic E-state index is 0.171. The van der Waals surface area contributed by atoms with Crippen LogP contribution in [0.25, 0.3) is 10.9 Å². The Bertz CT molecular complexity index is 944. The van der Waals surface area contributed by atoms with Crippen molar-refractivity contribution < 1.29 is 14.6 Å². The third-order valence-electron chi connectivity index (χ3n) is 4.47. The number of nitrogens with zero attached hydrogens (tertiary/aromatic N) is 2. The van der Waals surface area contributed by atoms with Crippen molar-refractivity contribution in [3.8, 4) is 5.75 Å². The number of hydrogen-bond donors (Lipinski definition) is 3. The predicted octanol–water partition coefficient (Wildman–Crippen LogP) is 3.13. The molecule has 9 heteroatoms. The van der Waals surface area contributed by atoms with Gasteiger partial charge in [-0.2, -0.15) is 0 Å². The molecule has 1 aromatic carbocycles. The Morgan fingerprint density at radius 2 is 2.37 bits per heavy atom. The van der Waals surface area contributed by atoms with Gasteiger partial charge in [0.15, 0.2) is 0 Å². The van der Waals surface area contributed by atoms with E-state index in [0.29, 0.717) is 43.4 Å². The summed E-state index contributed by atoms with van der Waals surface area (Å²) in [5, 5.41) is 15.8. The monoisotopic (exact) mass is 406 g/mol. The molecular formula is C18H19ClN4O3S. The first-order valence-corrected chi connectivity index (χ1v) is 9.92. The summed E-state index contributed by atoms with van der Waals surface area (Å²) in [6, 6.07) is 5.47. The molecule has 2 amide bonds. The van der Waals surface area contributed by atoms with E-state index >= 15 is 0 Å². The lowest BCUT2D eigenvalue weighted by Crippen LogP contribution is -2.38. The van der Waals surface area contributed by atoms with Gasteiger partial charge in [0.1, 0.15) is 12.4 Å². The standard InChI is InChI=1S/C18H19ClN4O3S/c19-15-4-11-3-12(6-20-18(25)23-2-1-14(24)7-23)22-16(11)5-17(15)26-8-13-9-27-10-21-13/h3-5,9-10,14,22,24H,1-2,6-8H2,(H,20,25). The van der Waals surface area contributed by atoms with E-state index < -0.39 is 6.10 Å². The normalized spacial score (nSPS) is 16.8. The van der Waals surface area contributed by atoms with Gasteiger partial charge in [-0.05, 0) is 18.6 Å². The number of likely N-dealkylation sites (tertiary alicyclic amines) is 1. The number of urea groups is 1. The lowest BCUT2D eigenvalue weighted by atomic mass is 10.2. The van der Waals surface area contributed by atoms with Crippen LogP contribution in [0.5, 0.6) is 5.75 Å². The molecule has 0 saturated carbocycles. The molecule has 3 heterocycles. The van der Waals surface area contributed by atoms with E-state index in [1.165, 1.54) is 11.3 Å². The number of hydrogen-bond acceptors (Lipinski definition) is 5. The summed E-state index contributed by atoms with van der Waals surface area (Å²) in [7, 11) is 0. The Balaban J connectivity index is 1.41. The van der Waals surface area contributed by atoms with Gasteiger partial charge in [-0.3, -0.25) is 0 Å². The topological polar surface area (TPSA) is 90.5 Å². The zero-order valence-electron chi connectivity index (χ0n) is 14.4. The maximum atomic E-state index is 12.1. The van der Waals surface area contributed by atoms with Gasteiger partial charge in [0, 0.05) is 41.1 Å². The summed E-state index contributed by atoms with van der Waals surface area (Å²) >= 11 is 7.84. The van der Waals surface area contributed by atoms with Crippen LogP contribution in [0.1, 0.15) is 17.8 Å². The number of carbonyl (C=O) groups excluding carboxylic acids is 1. The summed E-state index contributed by atoms with van der Waals surface area (Å²) in [6.07, 6.45) is 0.204. The SMILES string of the molecule is O=C(NCc1cc2cc(Cl)c(OCc3cscn3)cc2[nH]1)N1CCC(O)C1. The fourth-order valence-corrected chi connectivity index (χ4v) is 3.84. The highest BCUT2D eigenvalue weighted by molar-refractivity contribution is 7.07. The largest absolute Gasteiger partial charge is 0.486 e. The minimum Gasteiger partial charge on any atom is -0.486 e. The Morgan fingerprint density at radius 1 is 1.48 bits per heavy atom. The van der Waals surface area contributed by atoms with Crippen LogP contribution < -0.4 is 10.1 Å². The van der Waals surface area contributed by atoms with Crippen molar-refractivity contribution in [3.05, 3.63) is 45.5 Å². The third-order valence-corrected chi connectivity index (χ3v) is 5.40. The number of benzene rings is 1. The lowest BCUT2D eigenvalue weighted by molar-refractivity contribution is 0.171. The number of halogens is 1. The second-order valence-corrected chi connectivity index (χ2v) is 7.61. The van der Waals surface area contributed by atoms with Crippen LogP contribution >= 0.6 is 22.9 Å². The summed E-state index contributed by atoms with van der Waals surface area (Å²) in [5.74, 6) is 0.584. The summed E-state index contributed by atoms with van der Waals surface area (Å²) < 4.78 is 5.77. The molecule has 7 nitrogen and oxygen atoms in total. The molecule has 1 aliphatic rings. The molecule has 0 spiro atoms. The number of carbonyl (C=O) groups is 1. The Hall–Kier alpha value is -2.29. The predicted molar refractivity (Wildman–Crippen MR) is 104 cm³/mol. The molecule has 142 valence electrons. The smallest absolute Gasteiger partial charge is 0.317 e. The van der Waals surface area contributed by atoms with Crippen LogP contribution in [-0.2, 0) is 13.2 Å². The fraction of sp³-hybridized carbons (Fsp3) is 0.333. The molecule has 4 rings (SSSR count). The molecule has 1 fully saturated rings. The van der Waals surface area contributed by atoms with Crippen molar-refractivity contribution in [1.29, 1.82) is 0 Å². The molecule has 1 saturated heterocycles. The first-order valence-electron chi connectivity index (χ1n) is 8.60. The van der Waals surface area contributed by atoms with Gasteiger partial charge in [0.2, 0.25) is 0 Å². The number of fused-ring (bicyclic) bond motifs is 1. The van der Waals surface area contributed by atoms with Gasteiger partial charge in [-0.1, -0.05) is 11.6 Å². The zero-order valence-corrected chi connectivity index (χ0v) is 16.0. The van der Waals surface area contributed by atoms with E-state index in [1.807, 2.05) is 23.6 Å². The van der Waals surface area contributed by atoms with Gasteiger partial charge in [-0.25, -0.2) is 9.78 Å². The van der Waals surface area contributed by atoms with E-state index in [2.05, 4.69) is 15.3 Å². The Kier molecular flexibility index (Phi) is 5.20. The first kappa shape index (κ1) is 18.1. The highest BCUT2D eigenvalue weighted by Gasteiger charge is 2.24. The van der Waals surface area contributed by atoms with Crippen molar-refractivity contribution in [3.63, 3.8) is 0 Å². The number of β-amino-alcohol motifs (C(OH)–C–C–N with tert-alkyl or cyclic N) is 1. The van der Waals surface area contributed by atoms with Crippen molar-refractivity contribution in [1.82, 2.24) is 20.2 Å². The number of aliphatic hydroxyl groups excluding tert-OH is 1. The van der Waals surface area contributed by atoms with E-state index in [0.717, 1.165) is 22.3 Å². The third kappa shape index (κ3) is 4.18. The molecule has 0 radical (unpaired) electrons. The number of thiazole rings is 1. The van der Waals surface area contributed by atoms with Gasteiger partial charge < -0.3 is 25.0 Å². The molecule has 2 aromatic heterocycles. The molecule has 0 bridgehead atoms. The van der Waals surface area contributed by atoms with Crippen molar-refractivity contribution in [2.24, 2.45) is 0 Å². The van der Waals surface area contributed by atoms with E-state index in [-0.39, 0.29) is 6.03 Å². The van der Waals surface area contributed by atoms with E-state index in [9.17, 15) is 9.90 Å². The molecule has 1 unspecified atom stereocenters. The molecule has 0 aliphatic carbocycles. The van der Waals surface area contributed by atoms with Crippen LogP contribution in [0, 0.1) is 0 Å². The van der Waals surface area contributed by atoms with E-state index in [1.54, 1.807) is 10.4 Å². The summed E-state index contributed by atoms with van der Waals surface area (Å²) in [5.41, 5.74) is 4.37. The molecule has 1 aliphatic heterocycles. The number of ether oxygens (including phenoxy) is 1. The van der Waals surface area contributed by atoms with Gasteiger partial charge in [0.25, 0.3) is 0 Å². The second-order valence-electron chi connectivity index (χ2n) is 6.48. The molecule has 1 atom stereocenters.